The summed E-state index contributed by atoms with van der Waals surface area (Å²) in [5.41, 5.74) is -1.72. The first-order valence-electron chi connectivity index (χ1n) is 5.89. The van der Waals surface area contributed by atoms with Gasteiger partial charge in [-0.3, -0.25) is 0 Å². The predicted molar refractivity (Wildman–Crippen MR) is 61.4 cm³/mol. The monoisotopic (exact) mass is 271 g/mol. The van der Waals surface area contributed by atoms with Gasteiger partial charge >= 0.3 is 6.18 Å². The average molecular weight is 271 g/mol. The van der Waals surface area contributed by atoms with Gasteiger partial charge < -0.3 is 5.11 Å². The minimum Gasteiger partial charge on any atom is -0.507 e. The van der Waals surface area contributed by atoms with E-state index in [4.69, 9.17) is 0 Å². The van der Waals surface area contributed by atoms with Crippen LogP contribution in [0.25, 0.3) is 0 Å². The van der Waals surface area contributed by atoms with Crippen molar-refractivity contribution in [2.24, 2.45) is 4.99 Å². The van der Waals surface area contributed by atoms with Crippen LogP contribution in [0.2, 0.25) is 0 Å². The van der Waals surface area contributed by atoms with Crippen molar-refractivity contribution in [3.63, 3.8) is 0 Å². The SMILES string of the molecule is O=C=NC1(c2ccc(O)c(C(F)(F)F)c2)CCCC1. The quantitative estimate of drug-likeness (QED) is 0.661. The van der Waals surface area contributed by atoms with Gasteiger partial charge in [-0.05, 0) is 30.5 Å². The molecule has 0 bridgehead atoms. The summed E-state index contributed by atoms with van der Waals surface area (Å²) in [7, 11) is 0. The lowest BCUT2D eigenvalue weighted by atomic mass is 9.87. The second-order valence-corrected chi connectivity index (χ2v) is 4.67. The number of aromatic hydroxyl groups is 1. The summed E-state index contributed by atoms with van der Waals surface area (Å²) in [6.07, 6.45) is -0.547. The van der Waals surface area contributed by atoms with Gasteiger partial charge in [0.2, 0.25) is 6.08 Å². The van der Waals surface area contributed by atoms with E-state index in [0.29, 0.717) is 18.4 Å². The summed E-state index contributed by atoms with van der Waals surface area (Å²) in [6.45, 7) is 0. The number of hydrogen-bond acceptors (Lipinski definition) is 3. The Hall–Kier alpha value is -1.81. The number of aliphatic imine (C=N–C) groups is 1. The molecule has 0 aliphatic heterocycles. The van der Waals surface area contributed by atoms with Gasteiger partial charge in [-0.1, -0.05) is 18.9 Å². The number of carbonyl (C=O) groups excluding carboxylic acids is 1. The van der Waals surface area contributed by atoms with Gasteiger partial charge in [0, 0.05) is 0 Å². The van der Waals surface area contributed by atoms with E-state index in [0.717, 1.165) is 25.0 Å². The largest absolute Gasteiger partial charge is 0.507 e. The Morgan fingerprint density at radius 1 is 1.26 bits per heavy atom. The summed E-state index contributed by atoms with van der Waals surface area (Å²) in [6, 6.07) is 3.26. The van der Waals surface area contributed by atoms with E-state index in [1.54, 1.807) is 0 Å². The average Bonchev–Trinajstić information content (AvgIpc) is 2.78. The third-order valence-electron chi connectivity index (χ3n) is 3.53. The highest BCUT2D eigenvalue weighted by molar-refractivity contribution is 5.44. The molecule has 0 atom stereocenters. The van der Waals surface area contributed by atoms with Gasteiger partial charge in [0.15, 0.2) is 0 Å². The number of hydrogen-bond donors (Lipinski definition) is 1. The van der Waals surface area contributed by atoms with Gasteiger partial charge in [-0.25, -0.2) is 4.79 Å². The fraction of sp³-hybridized carbons (Fsp3) is 0.462. The lowest BCUT2D eigenvalue weighted by Gasteiger charge is -2.24. The third kappa shape index (κ3) is 2.49. The summed E-state index contributed by atoms with van der Waals surface area (Å²) in [4.78, 5) is 14.2. The van der Waals surface area contributed by atoms with E-state index in [2.05, 4.69) is 4.99 Å². The Bertz CT molecular complexity index is 527. The number of isocyanates is 1. The molecule has 0 unspecified atom stereocenters. The lowest BCUT2D eigenvalue weighted by molar-refractivity contribution is -0.138. The van der Waals surface area contributed by atoms with Gasteiger partial charge in [0.1, 0.15) is 5.75 Å². The molecule has 0 amide bonds. The molecular weight excluding hydrogens is 259 g/mol. The van der Waals surface area contributed by atoms with E-state index in [1.807, 2.05) is 0 Å². The van der Waals surface area contributed by atoms with Gasteiger partial charge in [0.25, 0.3) is 0 Å². The number of phenolic OH excluding ortho intramolecular Hbond substituents is 1. The summed E-state index contributed by atoms with van der Waals surface area (Å²) in [5.74, 6) is -0.820. The van der Waals surface area contributed by atoms with Crippen molar-refractivity contribution in [1.82, 2.24) is 0 Å². The summed E-state index contributed by atoms with van der Waals surface area (Å²) >= 11 is 0. The zero-order chi connectivity index (χ0) is 14.1. The minimum absolute atomic E-state index is 0.304. The standard InChI is InChI=1S/C13H12F3NO2/c14-13(15,16)10-7-9(3-4-11(10)19)12(17-8-18)5-1-2-6-12/h3-4,7,19H,1-2,5-6H2. The zero-order valence-electron chi connectivity index (χ0n) is 10.00. The maximum absolute atomic E-state index is 12.8. The molecule has 6 heteroatoms. The fourth-order valence-corrected chi connectivity index (χ4v) is 2.56. The molecule has 1 saturated carbocycles. The molecule has 0 heterocycles. The minimum atomic E-state index is -4.63. The highest BCUT2D eigenvalue weighted by Crippen LogP contribution is 2.45. The predicted octanol–water partition coefficient (Wildman–Crippen LogP) is 3.52. The molecule has 0 aromatic heterocycles. The van der Waals surface area contributed by atoms with E-state index in [9.17, 15) is 23.1 Å². The number of alkyl halides is 3. The van der Waals surface area contributed by atoms with Gasteiger partial charge in [0.05, 0.1) is 11.1 Å². The summed E-state index contributed by atoms with van der Waals surface area (Å²) < 4.78 is 38.3. The second-order valence-electron chi connectivity index (χ2n) is 4.67. The Morgan fingerprint density at radius 2 is 1.89 bits per heavy atom. The van der Waals surface area contributed by atoms with Crippen LogP contribution in [0, 0.1) is 0 Å². The third-order valence-corrected chi connectivity index (χ3v) is 3.53. The normalized spacial score (nSPS) is 18.1. The van der Waals surface area contributed by atoms with Crippen LogP contribution in [0.3, 0.4) is 0 Å². The number of benzene rings is 1. The molecule has 0 radical (unpaired) electrons. The smallest absolute Gasteiger partial charge is 0.419 e. The van der Waals surface area contributed by atoms with Gasteiger partial charge in [-0.15, -0.1) is 0 Å². The van der Waals surface area contributed by atoms with Crippen LogP contribution >= 0.6 is 0 Å². The van der Waals surface area contributed by atoms with Crippen LogP contribution in [0.1, 0.15) is 36.8 Å². The van der Waals surface area contributed by atoms with Crippen LogP contribution in [0.4, 0.5) is 13.2 Å². The molecule has 2 rings (SSSR count). The van der Waals surface area contributed by atoms with Crippen LogP contribution in [0.15, 0.2) is 23.2 Å². The first-order chi connectivity index (χ1) is 8.89. The van der Waals surface area contributed by atoms with Crippen molar-refractivity contribution in [2.75, 3.05) is 0 Å². The fourth-order valence-electron chi connectivity index (χ4n) is 2.56. The van der Waals surface area contributed by atoms with E-state index < -0.39 is 23.0 Å². The Labute approximate surface area is 107 Å². The van der Waals surface area contributed by atoms with Crippen molar-refractivity contribution in [2.45, 2.75) is 37.4 Å². The molecule has 1 aliphatic carbocycles. The molecule has 0 saturated heterocycles. The molecule has 19 heavy (non-hydrogen) atoms. The zero-order valence-corrected chi connectivity index (χ0v) is 10.00. The first kappa shape index (κ1) is 13.6. The molecule has 1 aliphatic rings. The number of halogens is 3. The highest BCUT2D eigenvalue weighted by atomic mass is 19.4. The molecule has 1 aromatic carbocycles. The Kier molecular flexibility index (Phi) is 3.37. The van der Waals surface area contributed by atoms with Gasteiger partial charge in [-0.2, -0.15) is 18.2 Å². The second kappa shape index (κ2) is 4.70. The van der Waals surface area contributed by atoms with Crippen LogP contribution in [-0.4, -0.2) is 11.2 Å². The topological polar surface area (TPSA) is 49.7 Å². The van der Waals surface area contributed by atoms with Crippen LogP contribution in [0.5, 0.6) is 5.75 Å². The van der Waals surface area contributed by atoms with Crippen molar-refractivity contribution >= 4 is 6.08 Å². The molecular formula is C13H12F3NO2. The van der Waals surface area contributed by atoms with Crippen molar-refractivity contribution in [3.05, 3.63) is 29.3 Å². The molecule has 102 valence electrons. The van der Waals surface area contributed by atoms with Crippen LogP contribution in [-0.2, 0) is 16.5 Å². The number of nitrogens with zero attached hydrogens (tertiary/aromatic N) is 1. The molecule has 1 fully saturated rings. The van der Waals surface area contributed by atoms with Crippen LogP contribution < -0.4 is 0 Å². The molecule has 1 aromatic rings. The van der Waals surface area contributed by atoms with Crippen molar-refractivity contribution in [3.8, 4) is 5.75 Å². The van der Waals surface area contributed by atoms with E-state index >= 15 is 0 Å². The lowest BCUT2D eigenvalue weighted by Crippen LogP contribution is -2.20. The molecule has 0 spiro atoms. The Morgan fingerprint density at radius 3 is 2.42 bits per heavy atom. The molecule has 3 nitrogen and oxygen atoms in total. The summed E-state index contributed by atoms with van der Waals surface area (Å²) in [5, 5.41) is 9.30. The highest BCUT2D eigenvalue weighted by Gasteiger charge is 2.39. The maximum Gasteiger partial charge on any atom is 0.419 e. The maximum atomic E-state index is 12.8. The van der Waals surface area contributed by atoms with Crippen molar-refractivity contribution < 1.29 is 23.1 Å². The van der Waals surface area contributed by atoms with E-state index in [-0.39, 0.29) is 0 Å². The number of phenols is 1. The van der Waals surface area contributed by atoms with E-state index in [1.165, 1.54) is 12.1 Å². The Balaban J connectivity index is 2.54. The molecule has 1 N–H and O–H groups in total. The number of rotatable bonds is 2. The van der Waals surface area contributed by atoms with Crippen molar-refractivity contribution in [1.29, 1.82) is 0 Å². The first-order valence-corrected chi connectivity index (χ1v) is 5.89.